The molecule has 0 unspecified atom stereocenters. The standard InChI is InChI=1S/C50H30N2S/c1-5-21-41-35(15-1)36-16-2-6-22-42(36)50(41)43-23-7-3-17-37(43)38-28-27-33(30-44(38)50)52-46-25-9-8-24-45(46)51-49(52)32-14-11-13-31(29-32)34-19-12-20-40-39-18-4-10-26-47(39)53-48(34)40/h1-30H. The maximum Gasteiger partial charge on any atom is 0.145 e. The molecule has 246 valence electrons. The van der Waals surface area contributed by atoms with Crippen molar-refractivity contribution < 1.29 is 0 Å². The van der Waals surface area contributed by atoms with E-state index < -0.39 is 5.41 Å². The third-order valence-corrected chi connectivity index (χ3v) is 12.9. The summed E-state index contributed by atoms with van der Waals surface area (Å²) < 4.78 is 5.01. The van der Waals surface area contributed by atoms with Crippen LogP contribution in [0.25, 0.3) is 81.7 Å². The van der Waals surface area contributed by atoms with E-state index in [4.69, 9.17) is 4.98 Å². The van der Waals surface area contributed by atoms with Gasteiger partial charge in [-0.2, -0.15) is 0 Å². The molecule has 2 heterocycles. The lowest BCUT2D eigenvalue weighted by molar-refractivity contribution is 0.792. The van der Waals surface area contributed by atoms with Crippen LogP contribution in [0.2, 0.25) is 0 Å². The molecule has 0 N–H and O–H groups in total. The number of rotatable bonds is 3. The summed E-state index contributed by atoms with van der Waals surface area (Å²) >= 11 is 1.87. The maximum absolute atomic E-state index is 5.35. The third kappa shape index (κ3) is 3.84. The molecule has 3 heteroatoms. The molecule has 0 radical (unpaired) electrons. The molecule has 12 rings (SSSR count). The van der Waals surface area contributed by atoms with Crippen molar-refractivity contribution in [3.05, 3.63) is 204 Å². The molecule has 2 aromatic heterocycles. The van der Waals surface area contributed by atoms with Gasteiger partial charge in [0.2, 0.25) is 0 Å². The lowest BCUT2D eigenvalue weighted by atomic mass is 9.70. The van der Waals surface area contributed by atoms with Gasteiger partial charge in [-0.3, -0.25) is 4.57 Å². The van der Waals surface area contributed by atoms with Gasteiger partial charge in [-0.25, -0.2) is 4.98 Å². The monoisotopic (exact) mass is 690 g/mol. The van der Waals surface area contributed by atoms with Gasteiger partial charge in [0.25, 0.3) is 0 Å². The number of nitrogens with zero attached hydrogens (tertiary/aromatic N) is 2. The molecule has 0 amide bonds. The average Bonchev–Trinajstić information content (AvgIpc) is 3.96. The first kappa shape index (κ1) is 29.1. The largest absolute Gasteiger partial charge is 0.292 e. The number of fused-ring (bicyclic) bond motifs is 14. The highest BCUT2D eigenvalue weighted by Gasteiger charge is 2.51. The summed E-state index contributed by atoms with van der Waals surface area (Å²) in [5.74, 6) is 0.938. The predicted octanol–water partition coefficient (Wildman–Crippen LogP) is 13.1. The lowest BCUT2D eigenvalue weighted by Gasteiger charge is -2.30. The molecule has 53 heavy (non-hydrogen) atoms. The Bertz CT molecular complexity index is 3080. The zero-order valence-electron chi connectivity index (χ0n) is 28.6. The Morgan fingerprint density at radius 2 is 1.02 bits per heavy atom. The van der Waals surface area contributed by atoms with Crippen molar-refractivity contribution in [1.29, 1.82) is 0 Å². The fraction of sp³-hybridized carbons (Fsp3) is 0.0200. The number of para-hydroxylation sites is 2. The van der Waals surface area contributed by atoms with Crippen LogP contribution in [0.15, 0.2) is 182 Å². The minimum absolute atomic E-state index is 0.408. The molecule has 0 atom stereocenters. The van der Waals surface area contributed by atoms with E-state index in [1.807, 2.05) is 11.3 Å². The summed E-state index contributed by atoms with van der Waals surface area (Å²) in [5, 5.41) is 2.63. The first-order valence-corrected chi connectivity index (χ1v) is 19.0. The second-order valence-corrected chi connectivity index (χ2v) is 15.3. The summed E-state index contributed by atoms with van der Waals surface area (Å²) in [5.41, 5.74) is 16.9. The molecule has 0 fully saturated rings. The molecule has 0 aliphatic heterocycles. The molecule has 8 aromatic carbocycles. The fourth-order valence-corrected chi connectivity index (χ4v) is 10.7. The van der Waals surface area contributed by atoms with E-state index in [0.29, 0.717) is 0 Å². The molecule has 0 saturated heterocycles. The Morgan fingerprint density at radius 1 is 0.434 bits per heavy atom. The maximum atomic E-state index is 5.35. The number of benzene rings is 8. The van der Waals surface area contributed by atoms with Crippen LogP contribution in [0.5, 0.6) is 0 Å². The van der Waals surface area contributed by atoms with E-state index in [-0.39, 0.29) is 0 Å². The molecular formula is C50H30N2S. The Labute approximate surface area is 310 Å². The zero-order valence-corrected chi connectivity index (χ0v) is 29.4. The van der Waals surface area contributed by atoms with Crippen LogP contribution in [-0.2, 0) is 5.41 Å². The number of thiophene rings is 1. The van der Waals surface area contributed by atoms with Crippen LogP contribution < -0.4 is 0 Å². The minimum atomic E-state index is -0.408. The number of hydrogen-bond donors (Lipinski definition) is 0. The molecule has 2 aliphatic carbocycles. The van der Waals surface area contributed by atoms with Crippen molar-refractivity contribution in [3.63, 3.8) is 0 Å². The Balaban J connectivity index is 1.10. The van der Waals surface area contributed by atoms with Crippen LogP contribution in [0.3, 0.4) is 0 Å². The summed E-state index contributed by atoms with van der Waals surface area (Å²) in [6.45, 7) is 0. The fourth-order valence-electron chi connectivity index (χ4n) is 9.50. The lowest BCUT2D eigenvalue weighted by Crippen LogP contribution is -2.26. The SMILES string of the molecule is c1cc(-c2cccc3c2sc2ccccc23)cc(-c2nc3ccccc3n2-c2ccc3c(c2)C2(c4ccccc4-c4ccccc42)c2ccccc2-3)c1. The molecule has 2 nitrogen and oxygen atoms in total. The summed E-state index contributed by atoms with van der Waals surface area (Å²) in [4.78, 5) is 5.35. The van der Waals surface area contributed by atoms with Gasteiger partial charge in [-0.1, -0.05) is 146 Å². The van der Waals surface area contributed by atoms with Gasteiger partial charge in [0.05, 0.1) is 16.4 Å². The molecular weight excluding hydrogens is 661 g/mol. The average molecular weight is 691 g/mol. The van der Waals surface area contributed by atoms with Gasteiger partial charge in [0.15, 0.2) is 0 Å². The quantitative estimate of drug-likeness (QED) is 0.180. The topological polar surface area (TPSA) is 17.8 Å². The van der Waals surface area contributed by atoms with Gasteiger partial charge in [-0.05, 0) is 92.0 Å². The number of hydrogen-bond acceptors (Lipinski definition) is 2. The third-order valence-electron chi connectivity index (χ3n) is 11.6. The second-order valence-electron chi connectivity index (χ2n) is 14.2. The van der Waals surface area contributed by atoms with E-state index >= 15 is 0 Å². The van der Waals surface area contributed by atoms with Crippen LogP contribution in [0, 0.1) is 0 Å². The summed E-state index contributed by atoms with van der Waals surface area (Å²) in [7, 11) is 0. The molecule has 0 saturated carbocycles. The molecule has 1 spiro atoms. The number of aromatic nitrogens is 2. The first-order chi connectivity index (χ1) is 26.3. The van der Waals surface area contributed by atoms with Crippen molar-refractivity contribution in [2.75, 3.05) is 0 Å². The van der Waals surface area contributed by atoms with Crippen LogP contribution >= 0.6 is 11.3 Å². The van der Waals surface area contributed by atoms with Crippen molar-refractivity contribution in [3.8, 4) is 50.5 Å². The van der Waals surface area contributed by atoms with Gasteiger partial charge in [0, 0.05) is 31.4 Å². The molecule has 10 aromatic rings. The highest BCUT2D eigenvalue weighted by Crippen LogP contribution is 2.63. The predicted molar refractivity (Wildman–Crippen MR) is 221 cm³/mol. The van der Waals surface area contributed by atoms with E-state index in [9.17, 15) is 0 Å². The highest BCUT2D eigenvalue weighted by atomic mass is 32.1. The smallest absolute Gasteiger partial charge is 0.145 e. The highest BCUT2D eigenvalue weighted by molar-refractivity contribution is 7.26. The van der Waals surface area contributed by atoms with Gasteiger partial charge in [0.1, 0.15) is 5.82 Å². The van der Waals surface area contributed by atoms with Crippen molar-refractivity contribution >= 4 is 42.5 Å². The molecule has 2 aliphatic rings. The van der Waals surface area contributed by atoms with Crippen molar-refractivity contribution in [2.24, 2.45) is 0 Å². The van der Waals surface area contributed by atoms with E-state index in [0.717, 1.165) is 28.1 Å². The summed E-state index contributed by atoms with van der Waals surface area (Å²) in [6, 6.07) is 67.0. The van der Waals surface area contributed by atoms with E-state index in [1.54, 1.807) is 0 Å². The van der Waals surface area contributed by atoms with Gasteiger partial charge >= 0.3 is 0 Å². The van der Waals surface area contributed by atoms with Crippen molar-refractivity contribution in [2.45, 2.75) is 5.41 Å². The minimum Gasteiger partial charge on any atom is -0.292 e. The number of imidazole rings is 1. The van der Waals surface area contributed by atoms with E-state index in [2.05, 4.69) is 187 Å². The van der Waals surface area contributed by atoms with Gasteiger partial charge in [-0.15, -0.1) is 11.3 Å². The van der Waals surface area contributed by atoms with E-state index in [1.165, 1.54) is 75.8 Å². The van der Waals surface area contributed by atoms with Crippen LogP contribution in [-0.4, -0.2) is 9.55 Å². The Kier molecular flexibility index (Phi) is 5.89. The second kappa shape index (κ2) is 10.7. The van der Waals surface area contributed by atoms with Crippen LogP contribution in [0.1, 0.15) is 22.3 Å². The molecule has 0 bridgehead atoms. The Morgan fingerprint density at radius 3 is 1.79 bits per heavy atom. The van der Waals surface area contributed by atoms with Crippen LogP contribution in [0.4, 0.5) is 0 Å². The first-order valence-electron chi connectivity index (χ1n) is 18.2. The summed E-state index contributed by atoms with van der Waals surface area (Å²) in [6.07, 6.45) is 0. The Hall–Kier alpha value is -6.55. The normalized spacial score (nSPS) is 13.4. The van der Waals surface area contributed by atoms with Gasteiger partial charge < -0.3 is 0 Å². The van der Waals surface area contributed by atoms with Crippen molar-refractivity contribution in [1.82, 2.24) is 9.55 Å². The zero-order chi connectivity index (χ0) is 34.7.